The number of hydrogen-bond donors (Lipinski definition) is 2. The van der Waals surface area contributed by atoms with Gasteiger partial charge in [0.05, 0.1) is 0 Å². The standard InChI is InChI=1S/C48H38O3S/c49-39-23-37-29-11-2-1-9-27(29)28-10-3-6-14-33(28)44(37)48-45(39)38-22-26(18-20-42(38)52-48)25-17-19-31-35(21-25)30-12-4-5-13-32(30)43-36(31)24-40(50)47-46(43)34-15-7-8-16-41(34)51-47/h3-8,10,12-16,18,20,22-25,27,29,31,35,49-50H,1-2,9,11,17,19,21H2. The molecule has 52 heavy (non-hydrogen) atoms. The Kier molecular flexibility index (Phi) is 6.10. The van der Waals surface area contributed by atoms with Gasteiger partial charge in [-0.05, 0) is 137 Å². The average molecular weight is 695 g/mol. The maximum absolute atomic E-state index is 11.8. The Hall–Kier alpha value is -5.06. The lowest BCUT2D eigenvalue weighted by molar-refractivity contribution is 0.344. The van der Waals surface area contributed by atoms with Gasteiger partial charge < -0.3 is 14.6 Å². The molecule has 0 saturated heterocycles. The van der Waals surface area contributed by atoms with Crippen LogP contribution in [0.1, 0.15) is 102 Å². The molecule has 254 valence electrons. The molecule has 0 aliphatic heterocycles. The van der Waals surface area contributed by atoms with Gasteiger partial charge in [-0.25, -0.2) is 0 Å². The molecule has 8 aromatic rings. The van der Waals surface area contributed by atoms with Crippen molar-refractivity contribution in [2.24, 2.45) is 0 Å². The molecule has 4 aliphatic rings. The van der Waals surface area contributed by atoms with E-state index in [9.17, 15) is 10.2 Å². The highest BCUT2D eigenvalue weighted by Crippen LogP contribution is 2.61. The minimum Gasteiger partial charge on any atom is -0.507 e. The molecule has 6 aromatic carbocycles. The fourth-order valence-corrected chi connectivity index (χ4v) is 12.7. The molecule has 3 nitrogen and oxygen atoms in total. The smallest absolute Gasteiger partial charge is 0.177 e. The Morgan fingerprint density at radius 3 is 2.08 bits per heavy atom. The summed E-state index contributed by atoms with van der Waals surface area (Å²) in [4.78, 5) is 0. The highest BCUT2D eigenvalue weighted by molar-refractivity contribution is 7.26. The predicted molar refractivity (Wildman–Crippen MR) is 213 cm³/mol. The van der Waals surface area contributed by atoms with E-state index in [-0.39, 0.29) is 5.75 Å². The average Bonchev–Trinajstić information content (AvgIpc) is 3.78. The minimum atomic E-state index is 0.239. The highest BCUT2D eigenvalue weighted by Gasteiger charge is 2.41. The van der Waals surface area contributed by atoms with Crippen LogP contribution < -0.4 is 0 Å². The van der Waals surface area contributed by atoms with Gasteiger partial charge in [-0.1, -0.05) is 85.6 Å². The largest absolute Gasteiger partial charge is 0.507 e. The molecule has 5 atom stereocenters. The van der Waals surface area contributed by atoms with Gasteiger partial charge in [0, 0.05) is 36.5 Å². The number of thiophene rings is 1. The number of phenols is 2. The summed E-state index contributed by atoms with van der Waals surface area (Å²) in [5, 5.41) is 27.5. The van der Waals surface area contributed by atoms with Gasteiger partial charge in [-0.2, -0.15) is 0 Å². The van der Waals surface area contributed by atoms with Crippen molar-refractivity contribution < 1.29 is 14.6 Å². The van der Waals surface area contributed by atoms with E-state index in [1.165, 1.54) is 90.5 Å². The summed E-state index contributed by atoms with van der Waals surface area (Å²) in [6.45, 7) is 0. The third kappa shape index (κ3) is 3.91. The van der Waals surface area contributed by atoms with E-state index in [1.54, 1.807) is 0 Å². The molecule has 4 heteroatoms. The number of fused-ring (bicyclic) bond motifs is 20. The van der Waals surface area contributed by atoms with Crippen molar-refractivity contribution in [2.75, 3.05) is 0 Å². The molecule has 2 N–H and O–H groups in total. The normalized spacial score (nSPS) is 23.2. The lowest BCUT2D eigenvalue weighted by atomic mass is 9.62. The van der Waals surface area contributed by atoms with Crippen LogP contribution in [0.4, 0.5) is 0 Å². The third-order valence-corrected chi connectivity index (χ3v) is 14.8. The molecule has 2 aromatic heterocycles. The maximum atomic E-state index is 11.8. The molecule has 4 aliphatic carbocycles. The molecule has 2 saturated carbocycles. The second kappa shape index (κ2) is 10.7. The van der Waals surface area contributed by atoms with E-state index in [4.69, 9.17) is 4.42 Å². The summed E-state index contributed by atoms with van der Waals surface area (Å²) < 4.78 is 8.75. The number of phenolic OH excluding ortho intramolecular Hbond substituents is 2. The molecule has 0 radical (unpaired) electrons. The Labute approximate surface area is 306 Å². The zero-order valence-corrected chi connectivity index (χ0v) is 29.7. The number of furan rings is 1. The maximum Gasteiger partial charge on any atom is 0.177 e. The van der Waals surface area contributed by atoms with E-state index in [1.807, 2.05) is 29.5 Å². The van der Waals surface area contributed by atoms with Crippen LogP contribution in [-0.2, 0) is 0 Å². The zero-order valence-electron chi connectivity index (χ0n) is 28.9. The van der Waals surface area contributed by atoms with Crippen LogP contribution in [0, 0.1) is 0 Å². The zero-order chi connectivity index (χ0) is 34.2. The second-order valence-electron chi connectivity index (χ2n) is 16.0. The van der Waals surface area contributed by atoms with Gasteiger partial charge in [0.2, 0.25) is 0 Å². The van der Waals surface area contributed by atoms with E-state index in [0.717, 1.165) is 41.0 Å². The van der Waals surface area contributed by atoms with E-state index in [2.05, 4.69) is 84.9 Å². The van der Waals surface area contributed by atoms with Gasteiger partial charge in [-0.3, -0.25) is 0 Å². The number of hydrogen-bond acceptors (Lipinski definition) is 4. The van der Waals surface area contributed by atoms with Gasteiger partial charge in [-0.15, -0.1) is 11.3 Å². The summed E-state index contributed by atoms with van der Waals surface area (Å²) in [5.74, 6) is 2.81. The van der Waals surface area contributed by atoms with Gasteiger partial charge in [0.1, 0.15) is 11.3 Å². The van der Waals surface area contributed by atoms with Crippen molar-refractivity contribution in [1.82, 2.24) is 0 Å². The highest BCUT2D eigenvalue weighted by atomic mass is 32.1. The summed E-state index contributed by atoms with van der Waals surface area (Å²) in [7, 11) is 0. The molecule has 2 fully saturated rings. The topological polar surface area (TPSA) is 53.6 Å². The van der Waals surface area contributed by atoms with E-state index >= 15 is 0 Å². The molecular formula is C48H38O3S. The second-order valence-corrected chi connectivity index (χ2v) is 17.0. The first-order valence-electron chi connectivity index (χ1n) is 19.2. The number of para-hydroxylation sites is 1. The summed E-state index contributed by atoms with van der Waals surface area (Å²) in [6, 6.07) is 37.5. The van der Waals surface area contributed by atoms with Crippen molar-refractivity contribution in [2.45, 2.75) is 74.5 Å². The van der Waals surface area contributed by atoms with Crippen molar-refractivity contribution in [3.63, 3.8) is 0 Å². The van der Waals surface area contributed by atoms with Gasteiger partial charge >= 0.3 is 0 Å². The Bertz CT molecular complexity index is 2800. The summed E-state index contributed by atoms with van der Waals surface area (Å²) >= 11 is 1.86. The molecule has 0 amide bonds. The van der Waals surface area contributed by atoms with E-state index in [0.29, 0.717) is 40.9 Å². The van der Waals surface area contributed by atoms with Crippen molar-refractivity contribution in [1.29, 1.82) is 0 Å². The number of rotatable bonds is 1. The molecule has 5 unspecified atom stereocenters. The fourth-order valence-electron chi connectivity index (χ4n) is 11.4. The Morgan fingerprint density at radius 2 is 1.23 bits per heavy atom. The van der Waals surface area contributed by atoms with E-state index < -0.39 is 0 Å². The first-order chi connectivity index (χ1) is 25.6. The van der Waals surface area contributed by atoms with Crippen molar-refractivity contribution in [3.8, 4) is 33.8 Å². The fraction of sp³-hybridized carbons (Fsp3) is 0.250. The van der Waals surface area contributed by atoms with Crippen LogP contribution in [-0.4, -0.2) is 10.2 Å². The first kappa shape index (κ1) is 29.5. The van der Waals surface area contributed by atoms with Crippen molar-refractivity contribution in [3.05, 3.63) is 131 Å². The summed E-state index contributed by atoms with van der Waals surface area (Å²) in [5.41, 5.74) is 13.6. The Morgan fingerprint density at radius 1 is 0.558 bits per heavy atom. The van der Waals surface area contributed by atoms with Crippen LogP contribution in [0.2, 0.25) is 0 Å². The SMILES string of the molecule is Oc1cc2c(c3c1oc1ccccc13)-c1ccccc1C1CC(c3ccc4sc5c6c(cc(O)c5c4c3)C3CCCCC3c3ccccc3-6)CCC21. The van der Waals surface area contributed by atoms with Crippen LogP contribution in [0.3, 0.4) is 0 Å². The van der Waals surface area contributed by atoms with Crippen molar-refractivity contribution >= 4 is 53.4 Å². The van der Waals surface area contributed by atoms with Crippen LogP contribution >= 0.6 is 11.3 Å². The van der Waals surface area contributed by atoms with Gasteiger partial charge in [0.25, 0.3) is 0 Å². The Balaban J connectivity index is 0.976. The molecule has 12 rings (SSSR count). The van der Waals surface area contributed by atoms with Crippen LogP contribution in [0.15, 0.2) is 108 Å². The summed E-state index contributed by atoms with van der Waals surface area (Å²) in [6.07, 6.45) is 8.18. The lowest BCUT2D eigenvalue weighted by Gasteiger charge is -2.42. The molecule has 0 bridgehead atoms. The molecular weight excluding hydrogens is 657 g/mol. The third-order valence-electron chi connectivity index (χ3n) is 13.6. The van der Waals surface area contributed by atoms with Crippen LogP contribution in [0.25, 0.3) is 64.4 Å². The monoisotopic (exact) mass is 694 g/mol. The minimum absolute atomic E-state index is 0.239. The lowest BCUT2D eigenvalue weighted by Crippen LogP contribution is -2.25. The number of benzene rings is 6. The van der Waals surface area contributed by atoms with Gasteiger partial charge in [0.15, 0.2) is 11.3 Å². The first-order valence-corrected chi connectivity index (χ1v) is 20.0. The van der Waals surface area contributed by atoms with Crippen LogP contribution in [0.5, 0.6) is 11.5 Å². The predicted octanol–water partition coefficient (Wildman–Crippen LogP) is 13.6. The quantitative estimate of drug-likeness (QED) is 0.180. The molecule has 2 heterocycles. The molecule has 0 spiro atoms. The number of aromatic hydroxyl groups is 2.